The highest BCUT2D eigenvalue weighted by Crippen LogP contribution is 2.37. The van der Waals surface area contributed by atoms with Crippen LogP contribution >= 0.6 is 0 Å². The number of phenols is 1. The van der Waals surface area contributed by atoms with Gasteiger partial charge in [0.2, 0.25) is 0 Å². The van der Waals surface area contributed by atoms with E-state index in [0.717, 1.165) is 53.0 Å². The Hall–Kier alpha value is -3.44. The lowest BCUT2D eigenvalue weighted by atomic mass is 10.00. The zero-order valence-corrected chi connectivity index (χ0v) is 23.4. The molecule has 10 nitrogen and oxygen atoms in total. The van der Waals surface area contributed by atoms with Crippen molar-refractivity contribution < 1.29 is 20.1 Å². The SMILES string of the molecule is C=CC(O)N1CCN(c2nc(OCCN(C)C)nc3c2CCN(c2cc(O)cc4ccccc24)C3)C(CCO)C1. The van der Waals surface area contributed by atoms with Crippen molar-refractivity contribution in [1.82, 2.24) is 19.8 Å². The zero-order chi connectivity index (χ0) is 28.2. The molecule has 2 atom stereocenters. The van der Waals surface area contributed by atoms with Gasteiger partial charge in [0.15, 0.2) is 0 Å². The third-order valence-electron chi connectivity index (χ3n) is 7.79. The molecule has 0 aliphatic carbocycles. The number of hydrogen-bond donors (Lipinski definition) is 3. The molecule has 5 rings (SSSR count). The van der Waals surface area contributed by atoms with Crippen molar-refractivity contribution in [3.63, 3.8) is 0 Å². The smallest absolute Gasteiger partial charge is 0.318 e. The number of rotatable bonds is 10. The molecule has 40 heavy (non-hydrogen) atoms. The van der Waals surface area contributed by atoms with Crippen LogP contribution in [0.3, 0.4) is 0 Å². The fraction of sp³-hybridized carbons (Fsp3) is 0.467. The Kier molecular flexibility index (Phi) is 8.70. The van der Waals surface area contributed by atoms with Gasteiger partial charge >= 0.3 is 6.01 Å². The fourth-order valence-electron chi connectivity index (χ4n) is 5.70. The number of fused-ring (bicyclic) bond motifs is 2. The van der Waals surface area contributed by atoms with Gasteiger partial charge in [-0.3, -0.25) is 4.90 Å². The maximum absolute atomic E-state index is 10.5. The summed E-state index contributed by atoms with van der Waals surface area (Å²) in [5.41, 5.74) is 2.96. The number of anilines is 2. The highest BCUT2D eigenvalue weighted by molar-refractivity contribution is 5.95. The van der Waals surface area contributed by atoms with Gasteiger partial charge in [0.25, 0.3) is 0 Å². The third kappa shape index (κ3) is 6.00. The van der Waals surface area contributed by atoms with Crippen LogP contribution in [0.2, 0.25) is 0 Å². The van der Waals surface area contributed by atoms with Crippen LogP contribution in [0.4, 0.5) is 11.5 Å². The van der Waals surface area contributed by atoms with Crippen LogP contribution in [0, 0.1) is 0 Å². The molecule has 0 bridgehead atoms. The molecule has 214 valence electrons. The van der Waals surface area contributed by atoms with Gasteiger partial charge in [-0.05, 0) is 44.5 Å². The van der Waals surface area contributed by atoms with Gasteiger partial charge in [0.1, 0.15) is 24.4 Å². The average Bonchev–Trinajstić information content (AvgIpc) is 2.95. The van der Waals surface area contributed by atoms with E-state index >= 15 is 0 Å². The Morgan fingerprint density at radius 3 is 2.77 bits per heavy atom. The van der Waals surface area contributed by atoms with Crippen LogP contribution in [0.5, 0.6) is 11.8 Å². The maximum Gasteiger partial charge on any atom is 0.318 e. The van der Waals surface area contributed by atoms with Crippen LogP contribution in [-0.2, 0) is 13.0 Å². The van der Waals surface area contributed by atoms with E-state index in [0.29, 0.717) is 45.2 Å². The molecule has 1 fully saturated rings. The lowest BCUT2D eigenvalue weighted by Gasteiger charge is -2.44. The van der Waals surface area contributed by atoms with Gasteiger partial charge in [-0.15, -0.1) is 0 Å². The van der Waals surface area contributed by atoms with Crippen LogP contribution < -0.4 is 14.5 Å². The molecule has 2 aliphatic heterocycles. The van der Waals surface area contributed by atoms with Crippen molar-refractivity contribution in [1.29, 1.82) is 0 Å². The minimum absolute atomic E-state index is 0.0324. The van der Waals surface area contributed by atoms with E-state index in [-0.39, 0.29) is 18.4 Å². The average molecular weight is 549 g/mol. The second-order valence-electron chi connectivity index (χ2n) is 10.8. The molecule has 3 aromatic rings. The summed E-state index contributed by atoms with van der Waals surface area (Å²) in [5.74, 6) is 1.08. The van der Waals surface area contributed by atoms with E-state index < -0.39 is 6.23 Å². The summed E-state index contributed by atoms with van der Waals surface area (Å²) in [6.07, 6.45) is 2.10. The number of hydrogen-bond acceptors (Lipinski definition) is 10. The summed E-state index contributed by atoms with van der Waals surface area (Å²) in [5, 5.41) is 32.8. The van der Waals surface area contributed by atoms with E-state index in [1.54, 1.807) is 6.07 Å². The van der Waals surface area contributed by atoms with E-state index in [1.807, 2.05) is 43.3 Å². The monoisotopic (exact) mass is 548 g/mol. The second-order valence-corrected chi connectivity index (χ2v) is 10.8. The van der Waals surface area contributed by atoms with Crippen molar-refractivity contribution in [2.45, 2.75) is 31.7 Å². The van der Waals surface area contributed by atoms with Crippen LogP contribution in [0.15, 0.2) is 49.1 Å². The normalized spacial score (nSPS) is 18.7. The molecule has 0 amide bonds. The Bertz CT molecular complexity index is 1340. The largest absolute Gasteiger partial charge is 0.508 e. The minimum atomic E-state index is -0.724. The van der Waals surface area contributed by atoms with Crippen LogP contribution in [0.1, 0.15) is 17.7 Å². The molecule has 3 N–H and O–H groups in total. The van der Waals surface area contributed by atoms with E-state index in [9.17, 15) is 15.3 Å². The number of benzene rings is 2. The number of ether oxygens (including phenoxy) is 1. The first-order valence-electron chi connectivity index (χ1n) is 13.9. The molecule has 10 heteroatoms. The highest BCUT2D eigenvalue weighted by Gasteiger charge is 2.34. The molecule has 0 radical (unpaired) electrons. The first-order chi connectivity index (χ1) is 19.4. The predicted molar refractivity (Wildman–Crippen MR) is 157 cm³/mol. The van der Waals surface area contributed by atoms with Crippen molar-refractivity contribution in [2.75, 3.05) is 69.8 Å². The Balaban J connectivity index is 1.51. The summed E-state index contributed by atoms with van der Waals surface area (Å²) in [7, 11) is 3.99. The third-order valence-corrected chi connectivity index (χ3v) is 7.79. The minimum Gasteiger partial charge on any atom is -0.508 e. The lowest BCUT2D eigenvalue weighted by molar-refractivity contribution is 0.0253. The van der Waals surface area contributed by atoms with Crippen LogP contribution in [-0.4, -0.2) is 107 Å². The van der Waals surface area contributed by atoms with E-state index in [2.05, 4.69) is 27.3 Å². The van der Waals surface area contributed by atoms with Gasteiger partial charge in [-0.2, -0.15) is 9.97 Å². The molecule has 2 aliphatic rings. The number of aliphatic hydroxyl groups is 2. The molecule has 2 aromatic carbocycles. The molecule has 3 heterocycles. The quantitative estimate of drug-likeness (QED) is 0.327. The topological polar surface area (TPSA) is 109 Å². The Labute approximate surface area is 235 Å². The van der Waals surface area contributed by atoms with Crippen molar-refractivity contribution in [3.8, 4) is 11.8 Å². The second kappa shape index (κ2) is 12.4. The molecule has 0 saturated carbocycles. The molecular formula is C30H40N6O4. The first kappa shape index (κ1) is 28.1. The number of piperazine rings is 1. The van der Waals surface area contributed by atoms with Gasteiger partial charge in [-0.25, -0.2) is 0 Å². The number of aromatic hydroxyl groups is 1. The van der Waals surface area contributed by atoms with Crippen LogP contribution in [0.25, 0.3) is 10.8 Å². The number of nitrogens with zero attached hydrogens (tertiary/aromatic N) is 6. The summed E-state index contributed by atoms with van der Waals surface area (Å²) in [6, 6.07) is 12.0. The van der Waals surface area contributed by atoms with Crippen molar-refractivity contribution in [2.24, 2.45) is 0 Å². The van der Waals surface area contributed by atoms with Crippen molar-refractivity contribution >= 4 is 22.3 Å². The molecule has 1 saturated heterocycles. The highest BCUT2D eigenvalue weighted by atomic mass is 16.5. The molecule has 2 unspecified atom stereocenters. The van der Waals surface area contributed by atoms with E-state index in [4.69, 9.17) is 14.7 Å². The standard InChI is InChI=1S/C30H40N6O4/c1-4-28(39)35-12-13-36(22(19-35)10-15-37)29-25-9-11-34(20-26(25)31-30(32-29)40-16-14-33(2)3)27-18-23(38)17-21-7-5-6-8-24(21)27/h4-8,17-18,22,28,37-39H,1,9-16,19-20H2,2-3H3. The molecular weight excluding hydrogens is 508 g/mol. The number of aromatic nitrogens is 2. The lowest BCUT2D eigenvalue weighted by Crippen LogP contribution is -2.56. The number of likely N-dealkylation sites (N-methyl/N-ethyl adjacent to an activating group) is 1. The predicted octanol–water partition coefficient (Wildman–Crippen LogP) is 2.22. The summed E-state index contributed by atoms with van der Waals surface area (Å²) < 4.78 is 6.05. The summed E-state index contributed by atoms with van der Waals surface area (Å²) >= 11 is 0. The Morgan fingerprint density at radius 2 is 2.00 bits per heavy atom. The number of phenolic OH excluding ortho intramolecular Hbond substituents is 1. The Morgan fingerprint density at radius 1 is 1.18 bits per heavy atom. The maximum atomic E-state index is 10.5. The van der Waals surface area contributed by atoms with Gasteiger partial charge < -0.3 is 34.8 Å². The zero-order valence-electron chi connectivity index (χ0n) is 23.4. The molecule has 0 spiro atoms. The van der Waals surface area contributed by atoms with Crippen molar-refractivity contribution in [3.05, 3.63) is 60.3 Å². The summed E-state index contributed by atoms with van der Waals surface area (Å²) in [4.78, 5) is 18.3. The number of aliphatic hydroxyl groups excluding tert-OH is 2. The van der Waals surface area contributed by atoms with E-state index in [1.165, 1.54) is 6.08 Å². The fourth-order valence-corrected chi connectivity index (χ4v) is 5.70. The van der Waals surface area contributed by atoms with Gasteiger partial charge in [0.05, 0.1) is 12.2 Å². The molecule has 1 aromatic heterocycles. The summed E-state index contributed by atoms with van der Waals surface area (Å²) in [6.45, 7) is 8.16. The van der Waals surface area contributed by atoms with Gasteiger partial charge in [0, 0.05) is 68.1 Å². The first-order valence-corrected chi connectivity index (χ1v) is 13.9. The van der Waals surface area contributed by atoms with Gasteiger partial charge in [-0.1, -0.05) is 30.8 Å².